The highest BCUT2D eigenvalue weighted by Gasteiger charge is 2.42. The van der Waals surface area contributed by atoms with Crippen molar-refractivity contribution in [2.45, 2.75) is 69.5 Å². The van der Waals surface area contributed by atoms with E-state index >= 15 is 0 Å². The molecule has 1 N–H and O–H groups in total. The average Bonchev–Trinajstić information content (AvgIpc) is 2.66. The first-order valence-corrected chi connectivity index (χ1v) is 8.42. The van der Waals surface area contributed by atoms with Gasteiger partial charge < -0.3 is 4.90 Å². The zero-order valence-electron chi connectivity index (χ0n) is 11.7. The van der Waals surface area contributed by atoms with Gasteiger partial charge in [0.1, 0.15) is 6.17 Å². The number of hydrogen-bond donors (Lipinski definition) is 1. The zero-order valence-corrected chi connectivity index (χ0v) is 12.5. The predicted molar refractivity (Wildman–Crippen MR) is 76.1 cm³/mol. The van der Waals surface area contributed by atoms with Gasteiger partial charge in [-0.1, -0.05) is 6.42 Å². The van der Waals surface area contributed by atoms with Crippen molar-refractivity contribution in [1.29, 1.82) is 0 Å². The molecule has 5 unspecified atom stereocenters. The molecule has 2 saturated heterocycles. The minimum absolute atomic E-state index is 0.455. The van der Waals surface area contributed by atoms with Gasteiger partial charge in [0.15, 0.2) is 0 Å². The minimum Gasteiger partial charge on any atom is -0.319 e. The van der Waals surface area contributed by atoms with E-state index in [-0.39, 0.29) is 0 Å². The molecule has 2 aliphatic heterocycles. The third-order valence-corrected chi connectivity index (χ3v) is 5.81. The van der Waals surface area contributed by atoms with Gasteiger partial charge in [-0.25, -0.2) is 4.90 Å². The highest BCUT2D eigenvalue weighted by molar-refractivity contribution is 6.20. The number of piperidine rings is 1. The second-order valence-electron chi connectivity index (χ2n) is 6.80. The van der Waals surface area contributed by atoms with Gasteiger partial charge >= 0.3 is 0 Å². The van der Waals surface area contributed by atoms with Crippen LogP contribution < -0.4 is 4.90 Å². The number of hydrogen-bond acceptors (Lipinski definition) is 1. The number of halogens is 1. The van der Waals surface area contributed by atoms with Gasteiger partial charge in [-0.2, -0.15) is 0 Å². The molecule has 0 spiro atoms. The van der Waals surface area contributed by atoms with Gasteiger partial charge in [-0.3, -0.25) is 0 Å². The standard InChI is InChI=1S/C15H27ClN2/c1-12-10-17-8-3-2-7-15(17)18(12)11-13-5-4-6-14(16)9-13/h12-15H,2-11H2,1H3/p+1. The Labute approximate surface area is 117 Å². The summed E-state index contributed by atoms with van der Waals surface area (Å²) in [6.45, 7) is 6.54. The van der Waals surface area contributed by atoms with E-state index in [9.17, 15) is 0 Å². The normalized spacial score (nSPS) is 46.0. The van der Waals surface area contributed by atoms with Gasteiger partial charge in [0.05, 0.1) is 19.1 Å². The number of alkyl halides is 1. The molecule has 0 aromatic heterocycles. The smallest absolute Gasteiger partial charge is 0.144 e. The first kappa shape index (κ1) is 13.2. The lowest BCUT2D eigenvalue weighted by molar-refractivity contribution is -0.924. The molecule has 1 saturated carbocycles. The maximum absolute atomic E-state index is 6.35. The summed E-state index contributed by atoms with van der Waals surface area (Å²) < 4.78 is 0. The highest BCUT2D eigenvalue weighted by Crippen LogP contribution is 2.30. The Hall–Kier alpha value is 0.210. The van der Waals surface area contributed by atoms with E-state index in [4.69, 9.17) is 11.6 Å². The van der Waals surface area contributed by atoms with Crippen molar-refractivity contribution in [2.75, 3.05) is 19.6 Å². The maximum atomic E-state index is 6.35. The number of quaternary nitrogens is 1. The Morgan fingerprint density at radius 3 is 2.89 bits per heavy atom. The zero-order chi connectivity index (χ0) is 12.5. The van der Waals surface area contributed by atoms with Gasteiger partial charge in [0, 0.05) is 18.3 Å². The van der Waals surface area contributed by atoms with Crippen molar-refractivity contribution >= 4 is 11.6 Å². The first-order chi connectivity index (χ1) is 8.74. The minimum atomic E-state index is 0.455. The van der Waals surface area contributed by atoms with Crippen LogP contribution >= 0.6 is 11.6 Å². The van der Waals surface area contributed by atoms with E-state index < -0.39 is 0 Å². The van der Waals surface area contributed by atoms with Crippen LogP contribution in [0.4, 0.5) is 0 Å². The molecule has 18 heavy (non-hydrogen) atoms. The van der Waals surface area contributed by atoms with Crippen LogP contribution in [0.5, 0.6) is 0 Å². The largest absolute Gasteiger partial charge is 0.319 e. The number of fused-ring (bicyclic) bond motifs is 1. The monoisotopic (exact) mass is 271 g/mol. The fraction of sp³-hybridized carbons (Fsp3) is 1.00. The van der Waals surface area contributed by atoms with Crippen LogP contribution in [0.15, 0.2) is 0 Å². The maximum Gasteiger partial charge on any atom is 0.144 e. The Balaban J connectivity index is 1.60. The van der Waals surface area contributed by atoms with E-state index in [0.29, 0.717) is 5.38 Å². The summed E-state index contributed by atoms with van der Waals surface area (Å²) in [5, 5.41) is 0.455. The van der Waals surface area contributed by atoms with E-state index in [1.54, 1.807) is 0 Å². The summed E-state index contributed by atoms with van der Waals surface area (Å²) in [5.41, 5.74) is 0. The van der Waals surface area contributed by atoms with Crippen LogP contribution in [-0.4, -0.2) is 42.1 Å². The van der Waals surface area contributed by atoms with Crippen LogP contribution in [0, 0.1) is 5.92 Å². The molecule has 1 aliphatic carbocycles. The van der Waals surface area contributed by atoms with Crippen molar-refractivity contribution < 1.29 is 4.90 Å². The van der Waals surface area contributed by atoms with Crippen LogP contribution in [0.25, 0.3) is 0 Å². The Bertz CT molecular complexity index is 284. The second-order valence-corrected chi connectivity index (χ2v) is 7.42. The van der Waals surface area contributed by atoms with Gasteiger partial charge in [0.2, 0.25) is 0 Å². The first-order valence-electron chi connectivity index (χ1n) is 7.98. The van der Waals surface area contributed by atoms with E-state index in [1.807, 2.05) is 4.90 Å². The lowest BCUT2D eigenvalue weighted by atomic mass is 9.88. The van der Waals surface area contributed by atoms with Crippen molar-refractivity contribution in [3.05, 3.63) is 0 Å². The van der Waals surface area contributed by atoms with E-state index in [2.05, 4.69) is 11.8 Å². The fourth-order valence-electron chi connectivity index (χ4n) is 4.50. The molecule has 0 aromatic rings. The van der Waals surface area contributed by atoms with Crippen LogP contribution in [-0.2, 0) is 0 Å². The molecule has 0 radical (unpaired) electrons. The summed E-state index contributed by atoms with van der Waals surface area (Å²) in [7, 11) is 0. The van der Waals surface area contributed by atoms with Crippen molar-refractivity contribution in [2.24, 2.45) is 5.92 Å². The Morgan fingerprint density at radius 2 is 2.06 bits per heavy atom. The van der Waals surface area contributed by atoms with Crippen LogP contribution in [0.3, 0.4) is 0 Å². The molecule has 5 atom stereocenters. The van der Waals surface area contributed by atoms with Crippen LogP contribution in [0.2, 0.25) is 0 Å². The molecule has 0 bridgehead atoms. The summed E-state index contributed by atoms with van der Waals surface area (Å²) in [6.07, 6.45) is 10.4. The number of rotatable bonds is 2. The van der Waals surface area contributed by atoms with Crippen molar-refractivity contribution in [3.63, 3.8) is 0 Å². The SMILES string of the molecule is CC1C[NH+]2CCCCC2N1CC1CCCC(Cl)C1. The quantitative estimate of drug-likeness (QED) is 0.754. The highest BCUT2D eigenvalue weighted by atomic mass is 35.5. The van der Waals surface area contributed by atoms with Gasteiger partial charge in [0.25, 0.3) is 0 Å². The topological polar surface area (TPSA) is 7.68 Å². The summed E-state index contributed by atoms with van der Waals surface area (Å²) in [5.74, 6) is 0.866. The van der Waals surface area contributed by atoms with Gasteiger partial charge in [-0.05, 0) is 44.9 Å². The second kappa shape index (κ2) is 5.68. The van der Waals surface area contributed by atoms with Crippen molar-refractivity contribution in [1.82, 2.24) is 4.90 Å². The molecule has 2 nitrogen and oxygen atoms in total. The van der Waals surface area contributed by atoms with Gasteiger partial charge in [-0.15, -0.1) is 11.6 Å². The third-order valence-electron chi connectivity index (χ3n) is 5.41. The molecule has 0 aromatic carbocycles. The fourth-order valence-corrected chi connectivity index (χ4v) is 4.91. The number of nitrogens with zero attached hydrogens (tertiary/aromatic N) is 1. The third kappa shape index (κ3) is 2.71. The predicted octanol–water partition coefficient (Wildman–Crippen LogP) is 1.88. The van der Waals surface area contributed by atoms with E-state index in [0.717, 1.165) is 18.1 Å². The Morgan fingerprint density at radius 1 is 1.17 bits per heavy atom. The summed E-state index contributed by atoms with van der Waals surface area (Å²) in [6, 6.07) is 0.791. The molecule has 104 valence electrons. The Kier molecular flexibility index (Phi) is 4.17. The molecular formula is C15H28ClN2+. The summed E-state index contributed by atoms with van der Waals surface area (Å²) in [4.78, 5) is 4.70. The average molecular weight is 272 g/mol. The summed E-state index contributed by atoms with van der Waals surface area (Å²) >= 11 is 6.35. The number of nitrogens with one attached hydrogen (secondary N) is 1. The lowest BCUT2D eigenvalue weighted by Gasteiger charge is -2.35. The molecule has 3 fully saturated rings. The molecule has 0 amide bonds. The van der Waals surface area contributed by atoms with E-state index in [1.165, 1.54) is 64.6 Å². The molecule has 2 heterocycles. The lowest BCUT2D eigenvalue weighted by Crippen LogP contribution is -3.15. The molecule has 3 aliphatic rings. The molecular weight excluding hydrogens is 244 g/mol. The molecule has 3 heteroatoms. The van der Waals surface area contributed by atoms with Crippen molar-refractivity contribution in [3.8, 4) is 0 Å². The van der Waals surface area contributed by atoms with Crippen LogP contribution in [0.1, 0.15) is 51.9 Å². The molecule has 3 rings (SSSR count).